The maximum Gasteiger partial charge on any atom is 0.222 e. The van der Waals surface area contributed by atoms with Crippen molar-refractivity contribution in [2.75, 3.05) is 46.8 Å². The van der Waals surface area contributed by atoms with Crippen LogP contribution in [0.1, 0.15) is 36.9 Å². The fourth-order valence-corrected chi connectivity index (χ4v) is 5.13. The molecule has 4 rings (SSSR count). The van der Waals surface area contributed by atoms with Gasteiger partial charge in [-0.15, -0.1) is 0 Å². The molecule has 158 valence electrons. The van der Waals surface area contributed by atoms with Crippen LogP contribution in [0.15, 0.2) is 24.3 Å². The molecule has 2 saturated heterocycles. The molecule has 0 N–H and O–H groups in total. The number of hydrogen-bond donors (Lipinski definition) is 0. The highest BCUT2D eigenvalue weighted by Crippen LogP contribution is 2.40. The van der Waals surface area contributed by atoms with Crippen LogP contribution < -0.4 is 0 Å². The van der Waals surface area contributed by atoms with Gasteiger partial charge in [-0.3, -0.25) is 9.69 Å². The molecule has 1 spiro atoms. The summed E-state index contributed by atoms with van der Waals surface area (Å²) in [5.41, 5.74) is 4.38. The Bertz CT molecular complexity index is 876. The first-order valence-electron chi connectivity index (χ1n) is 11.1. The van der Waals surface area contributed by atoms with E-state index in [9.17, 15) is 4.79 Å². The fraction of sp³-hybridized carbons (Fsp3) is 0.625. The molecule has 2 aliphatic heterocycles. The summed E-state index contributed by atoms with van der Waals surface area (Å²) < 4.78 is 2.35. The number of piperidine rings is 2. The molecule has 0 atom stereocenters. The lowest BCUT2D eigenvalue weighted by Gasteiger charge is -2.47. The van der Waals surface area contributed by atoms with Gasteiger partial charge in [-0.05, 0) is 77.0 Å². The third kappa shape index (κ3) is 4.36. The van der Waals surface area contributed by atoms with E-state index in [4.69, 9.17) is 0 Å². The Hall–Kier alpha value is -1.85. The zero-order valence-corrected chi connectivity index (χ0v) is 18.6. The van der Waals surface area contributed by atoms with Crippen LogP contribution in [0.5, 0.6) is 0 Å². The number of aromatic nitrogens is 1. The van der Waals surface area contributed by atoms with Crippen LogP contribution in [0, 0.1) is 12.3 Å². The minimum absolute atomic E-state index is 0.340. The van der Waals surface area contributed by atoms with E-state index in [0.717, 1.165) is 52.1 Å². The number of likely N-dealkylation sites (N-methyl/N-ethyl adjacent to an activating group) is 1. The molecule has 1 amide bonds. The molecule has 0 bridgehead atoms. The van der Waals surface area contributed by atoms with Crippen LogP contribution in [0.2, 0.25) is 0 Å². The number of amides is 1. The molecule has 0 unspecified atom stereocenters. The van der Waals surface area contributed by atoms with Gasteiger partial charge in [0.25, 0.3) is 0 Å². The summed E-state index contributed by atoms with van der Waals surface area (Å²) in [6, 6.07) is 9.07. The van der Waals surface area contributed by atoms with Crippen molar-refractivity contribution < 1.29 is 4.79 Å². The van der Waals surface area contributed by atoms with Crippen molar-refractivity contribution in [3.05, 3.63) is 35.5 Å². The number of hydrogen-bond acceptors (Lipinski definition) is 3. The monoisotopic (exact) mass is 396 g/mol. The summed E-state index contributed by atoms with van der Waals surface area (Å²) >= 11 is 0. The quantitative estimate of drug-likeness (QED) is 0.778. The zero-order chi connectivity index (χ0) is 20.6. The van der Waals surface area contributed by atoms with Crippen LogP contribution in [-0.4, -0.2) is 72.0 Å². The van der Waals surface area contributed by atoms with Crippen molar-refractivity contribution in [1.82, 2.24) is 19.3 Å². The van der Waals surface area contributed by atoms with Crippen molar-refractivity contribution in [2.45, 2.75) is 39.2 Å². The maximum absolute atomic E-state index is 12.4. The minimum atomic E-state index is 0.340. The molecule has 5 nitrogen and oxygen atoms in total. The first-order valence-corrected chi connectivity index (χ1v) is 11.1. The number of rotatable bonds is 5. The molecule has 29 heavy (non-hydrogen) atoms. The molecule has 3 heterocycles. The van der Waals surface area contributed by atoms with E-state index in [0.29, 0.717) is 11.3 Å². The van der Waals surface area contributed by atoms with E-state index in [-0.39, 0.29) is 0 Å². The molecule has 5 heteroatoms. The predicted molar refractivity (Wildman–Crippen MR) is 119 cm³/mol. The number of nitrogens with zero attached hydrogens (tertiary/aromatic N) is 4. The van der Waals surface area contributed by atoms with Gasteiger partial charge in [0, 0.05) is 56.2 Å². The Morgan fingerprint density at radius 1 is 1.10 bits per heavy atom. The van der Waals surface area contributed by atoms with Gasteiger partial charge in [0.15, 0.2) is 0 Å². The van der Waals surface area contributed by atoms with Crippen LogP contribution in [0.3, 0.4) is 0 Å². The van der Waals surface area contributed by atoms with E-state index >= 15 is 0 Å². The summed E-state index contributed by atoms with van der Waals surface area (Å²) in [5, 5.41) is 1.35. The molecule has 1 aromatic heterocycles. The van der Waals surface area contributed by atoms with Crippen molar-refractivity contribution in [1.29, 1.82) is 0 Å². The van der Waals surface area contributed by atoms with Crippen molar-refractivity contribution in [3.8, 4) is 0 Å². The molecule has 2 aromatic rings. The molecule has 2 aliphatic rings. The van der Waals surface area contributed by atoms with Gasteiger partial charge in [-0.1, -0.05) is 11.6 Å². The number of carbonyl (C=O) groups is 1. The van der Waals surface area contributed by atoms with Crippen molar-refractivity contribution in [3.63, 3.8) is 0 Å². The van der Waals surface area contributed by atoms with Crippen LogP contribution in [0.4, 0.5) is 0 Å². The third-order valence-corrected chi connectivity index (χ3v) is 7.16. The third-order valence-electron chi connectivity index (χ3n) is 7.16. The van der Waals surface area contributed by atoms with Crippen LogP contribution in [0.25, 0.3) is 10.9 Å². The largest absolute Gasteiger partial charge is 0.346 e. The Morgan fingerprint density at radius 2 is 1.86 bits per heavy atom. The number of aryl methyl sites for hydroxylation is 2. The summed E-state index contributed by atoms with van der Waals surface area (Å²) in [4.78, 5) is 19.3. The van der Waals surface area contributed by atoms with E-state index in [1.807, 2.05) is 0 Å². The number of likely N-dealkylation sites (tertiary alicyclic amines) is 2. The number of carbonyl (C=O) groups excluding carboxylic acids is 1. The maximum atomic E-state index is 12.4. The topological polar surface area (TPSA) is 31.7 Å². The van der Waals surface area contributed by atoms with Gasteiger partial charge in [-0.2, -0.15) is 0 Å². The van der Waals surface area contributed by atoms with Gasteiger partial charge >= 0.3 is 0 Å². The normalized spacial score (nSPS) is 20.3. The lowest BCUT2D eigenvalue weighted by atomic mass is 9.72. The predicted octanol–water partition coefficient (Wildman–Crippen LogP) is 3.25. The fourth-order valence-electron chi connectivity index (χ4n) is 5.13. The van der Waals surface area contributed by atoms with Crippen LogP contribution in [-0.2, 0) is 18.4 Å². The van der Waals surface area contributed by atoms with E-state index in [1.54, 1.807) is 0 Å². The Kier molecular flexibility index (Phi) is 5.71. The number of benzene rings is 1. The first-order chi connectivity index (χ1) is 13.8. The first kappa shape index (κ1) is 20.4. The Balaban J connectivity index is 1.38. The molecule has 0 aliphatic carbocycles. The SMILES string of the molecule is Cc1ccc2c(c1)cc(CN1CCC3(CCC(=O)N(CCN(C)C)C3)CC1)n2C. The lowest BCUT2D eigenvalue weighted by molar-refractivity contribution is -0.139. The van der Waals surface area contributed by atoms with Gasteiger partial charge in [0.1, 0.15) is 0 Å². The minimum Gasteiger partial charge on any atom is -0.346 e. The molecule has 1 aromatic carbocycles. The Labute approximate surface area is 175 Å². The second-order valence-electron chi connectivity index (χ2n) is 9.65. The van der Waals surface area contributed by atoms with Gasteiger partial charge in [0.05, 0.1) is 0 Å². The summed E-state index contributed by atoms with van der Waals surface area (Å²) in [6.45, 7) is 8.23. The molecule has 2 fully saturated rings. The van der Waals surface area contributed by atoms with Gasteiger partial charge in [0.2, 0.25) is 5.91 Å². The smallest absolute Gasteiger partial charge is 0.222 e. The summed E-state index contributed by atoms with van der Waals surface area (Å²) in [5.74, 6) is 0.352. The van der Waals surface area contributed by atoms with Crippen LogP contribution >= 0.6 is 0 Å². The van der Waals surface area contributed by atoms with E-state index in [2.05, 4.69) is 71.6 Å². The lowest BCUT2D eigenvalue weighted by Crippen LogP contribution is -2.52. The standard InChI is InChI=1S/C24H36N4O/c1-19-5-6-22-20(15-19)16-21(26(22)4)17-27-11-9-24(10-12-27)8-7-23(29)28(18-24)14-13-25(2)3/h5-6,15-16H,7-14,17-18H2,1-4H3. The van der Waals surface area contributed by atoms with Gasteiger partial charge < -0.3 is 14.4 Å². The molecular formula is C24H36N4O. The zero-order valence-electron chi connectivity index (χ0n) is 18.6. The second kappa shape index (κ2) is 8.11. The van der Waals surface area contributed by atoms with Gasteiger partial charge in [-0.25, -0.2) is 0 Å². The average Bonchev–Trinajstić information content (AvgIpc) is 2.99. The summed E-state index contributed by atoms with van der Waals surface area (Å²) in [6.07, 6.45) is 4.23. The van der Waals surface area contributed by atoms with E-state index < -0.39 is 0 Å². The Morgan fingerprint density at radius 3 is 2.59 bits per heavy atom. The highest BCUT2D eigenvalue weighted by atomic mass is 16.2. The average molecular weight is 397 g/mol. The van der Waals surface area contributed by atoms with E-state index in [1.165, 1.54) is 35.0 Å². The highest BCUT2D eigenvalue weighted by molar-refractivity contribution is 5.82. The second-order valence-corrected chi connectivity index (χ2v) is 9.65. The van der Waals surface area contributed by atoms with Crippen molar-refractivity contribution >= 4 is 16.8 Å². The molecular weight excluding hydrogens is 360 g/mol. The molecule has 0 saturated carbocycles. The number of fused-ring (bicyclic) bond motifs is 1. The molecule has 0 radical (unpaired) electrons. The van der Waals surface area contributed by atoms with Crippen molar-refractivity contribution in [2.24, 2.45) is 12.5 Å². The summed E-state index contributed by atoms with van der Waals surface area (Å²) in [7, 11) is 6.35. The highest BCUT2D eigenvalue weighted by Gasteiger charge is 2.40.